The standard InChI is InChI=1S/C24H24N4O/c1-2-10-21(11-3-1)29-18-17-27-24-26-16-14-23(28-24)25-15-13-20-9-6-8-19-7-4-5-12-22(19)20/h1-12,14,16H,13,15,17-18H2,(H2,25,26,27,28). The number of fused-ring (bicyclic) bond motifs is 1. The van der Waals surface area contributed by atoms with Gasteiger partial charge in [0.2, 0.25) is 5.95 Å². The monoisotopic (exact) mass is 384 g/mol. The highest BCUT2D eigenvalue weighted by molar-refractivity contribution is 5.85. The fraction of sp³-hybridized carbons (Fsp3) is 0.167. The molecule has 4 rings (SSSR count). The lowest BCUT2D eigenvalue weighted by atomic mass is 10.0. The van der Waals surface area contributed by atoms with Gasteiger partial charge in [0.15, 0.2) is 0 Å². The second-order valence-corrected chi connectivity index (χ2v) is 6.67. The number of nitrogens with zero attached hydrogens (tertiary/aromatic N) is 2. The molecule has 1 heterocycles. The van der Waals surface area contributed by atoms with Crippen molar-refractivity contribution in [1.82, 2.24) is 9.97 Å². The lowest BCUT2D eigenvalue weighted by molar-refractivity contribution is 0.332. The Balaban J connectivity index is 1.26. The smallest absolute Gasteiger partial charge is 0.224 e. The maximum atomic E-state index is 5.67. The third-order valence-corrected chi connectivity index (χ3v) is 4.63. The average Bonchev–Trinajstić information content (AvgIpc) is 2.78. The second-order valence-electron chi connectivity index (χ2n) is 6.67. The maximum absolute atomic E-state index is 5.67. The van der Waals surface area contributed by atoms with Crippen molar-refractivity contribution in [3.8, 4) is 5.75 Å². The molecule has 0 saturated carbocycles. The molecule has 0 radical (unpaired) electrons. The van der Waals surface area contributed by atoms with E-state index < -0.39 is 0 Å². The summed E-state index contributed by atoms with van der Waals surface area (Å²) in [6, 6.07) is 26.6. The summed E-state index contributed by atoms with van der Waals surface area (Å²) in [4.78, 5) is 8.80. The first-order valence-corrected chi connectivity index (χ1v) is 9.84. The minimum atomic E-state index is 0.548. The van der Waals surface area contributed by atoms with Gasteiger partial charge in [-0.05, 0) is 41.0 Å². The van der Waals surface area contributed by atoms with Gasteiger partial charge in [0.1, 0.15) is 18.2 Å². The maximum Gasteiger partial charge on any atom is 0.224 e. The molecule has 0 amide bonds. The molecular formula is C24H24N4O. The van der Waals surface area contributed by atoms with E-state index in [4.69, 9.17) is 4.74 Å². The van der Waals surface area contributed by atoms with Gasteiger partial charge in [-0.3, -0.25) is 0 Å². The molecule has 4 aromatic rings. The minimum Gasteiger partial charge on any atom is -0.492 e. The van der Waals surface area contributed by atoms with Crippen LogP contribution in [-0.4, -0.2) is 29.7 Å². The zero-order valence-electron chi connectivity index (χ0n) is 16.2. The Labute approximate surface area is 170 Å². The zero-order valence-corrected chi connectivity index (χ0v) is 16.2. The first-order chi connectivity index (χ1) is 14.4. The molecular weight excluding hydrogens is 360 g/mol. The van der Waals surface area contributed by atoms with E-state index in [2.05, 4.69) is 63.1 Å². The topological polar surface area (TPSA) is 59.1 Å². The van der Waals surface area contributed by atoms with Gasteiger partial charge in [0.25, 0.3) is 0 Å². The van der Waals surface area contributed by atoms with Gasteiger partial charge in [-0.15, -0.1) is 0 Å². The summed E-state index contributed by atoms with van der Waals surface area (Å²) < 4.78 is 5.67. The molecule has 0 aliphatic carbocycles. The van der Waals surface area contributed by atoms with Crippen molar-refractivity contribution < 1.29 is 4.74 Å². The van der Waals surface area contributed by atoms with Crippen LogP contribution < -0.4 is 15.4 Å². The Kier molecular flexibility index (Phi) is 6.18. The first kappa shape index (κ1) is 18.7. The molecule has 0 unspecified atom stereocenters. The van der Waals surface area contributed by atoms with Gasteiger partial charge in [0.05, 0.1) is 6.54 Å². The van der Waals surface area contributed by atoms with Crippen LogP contribution in [-0.2, 0) is 6.42 Å². The van der Waals surface area contributed by atoms with Crippen LogP contribution in [0, 0.1) is 0 Å². The van der Waals surface area contributed by atoms with Gasteiger partial charge >= 0.3 is 0 Å². The zero-order chi connectivity index (χ0) is 19.7. The lowest BCUT2D eigenvalue weighted by Crippen LogP contribution is -2.14. The van der Waals surface area contributed by atoms with E-state index in [0.717, 1.165) is 24.5 Å². The highest BCUT2D eigenvalue weighted by Gasteiger charge is 2.02. The second kappa shape index (κ2) is 9.55. The number of benzene rings is 3. The van der Waals surface area contributed by atoms with Crippen molar-refractivity contribution in [1.29, 1.82) is 0 Å². The average molecular weight is 384 g/mol. The van der Waals surface area contributed by atoms with Crippen LogP contribution in [0.1, 0.15) is 5.56 Å². The Bertz CT molecular complexity index is 1050. The van der Waals surface area contributed by atoms with Crippen LogP contribution >= 0.6 is 0 Å². The van der Waals surface area contributed by atoms with Gasteiger partial charge in [0, 0.05) is 12.7 Å². The van der Waals surface area contributed by atoms with E-state index in [0.29, 0.717) is 19.1 Å². The fourth-order valence-corrected chi connectivity index (χ4v) is 3.23. The van der Waals surface area contributed by atoms with Crippen LogP contribution in [0.15, 0.2) is 85.1 Å². The van der Waals surface area contributed by atoms with Crippen molar-refractivity contribution in [2.75, 3.05) is 30.3 Å². The molecule has 0 fully saturated rings. The van der Waals surface area contributed by atoms with E-state index in [9.17, 15) is 0 Å². The highest BCUT2D eigenvalue weighted by atomic mass is 16.5. The summed E-state index contributed by atoms with van der Waals surface area (Å²) in [6.07, 6.45) is 2.69. The van der Waals surface area contributed by atoms with Gasteiger partial charge in [-0.2, -0.15) is 4.98 Å². The predicted molar refractivity (Wildman–Crippen MR) is 119 cm³/mol. The summed E-state index contributed by atoms with van der Waals surface area (Å²) in [7, 11) is 0. The van der Waals surface area contributed by atoms with Crippen LogP contribution in [0.2, 0.25) is 0 Å². The molecule has 1 aromatic heterocycles. The van der Waals surface area contributed by atoms with Crippen molar-refractivity contribution in [2.45, 2.75) is 6.42 Å². The SMILES string of the molecule is c1ccc(OCCNc2nccc(NCCc3cccc4ccccc34)n2)cc1. The van der Waals surface area contributed by atoms with Crippen molar-refractivity contribution in [2.24, 2.45) is 0 Å². The highest BCUT2D eigenvalue weighted by Crippen LogP contribution is 2.19. The van der Waals surface area contributed by atoms with Crippen LogP contribution in [0.4, 0.5) is 11.8 Å². The van der Waals surface area contributed by atoms with E-state index in [-0.39, 0.29) is 0 Å². The molecule has 146 valence electrons. The molecule has 5 heteroatoms. The molecule has 29 heavy (non-hydrogen) atoms. The molecule has 2 N–H and O–H groups in total. The van der Waals surface area contributed by atoms with E-state index in [1.165, 1.54) is 16.3 Å². The first-order valence-electron chi connectivity index (χ1n) is 9.84. The number of anilines is 2. The summed E-state index contributed by atoms with van der Waals surface area (Å²) in [6.45, 7) is 1.99. The molecule has 3 aromatic carbocycles. The van der Waals surface area contributed by atoms with Crippen molar-refractivity contribution in [3.63, 3.8) is 0 Å². The predicted octanol–water partition coefficient (Wildman–Crippen LogP) is 4.78. The molecule has 0 spiro atoms. The van der Waals surface area contributed by atoms with E-state index in [1.807, 2.05) is 36.4 Å². The van der Waals surface area contributed by atoms with Crippen LogP contribution in [0.25, 0.3) is 10.8 Å². The normalized spacial score (nSPS) is 10.6. The lowest BCUT2D eigenvalue weighted by Gasteiger charge is -2.10. The summed E-state index contributed by atoms with van der Waals surface area (Å²) >= 11 is 0. The molecule has 0 aliphatic rings. The quantitative estimate of drug-likeness (QED) is 0.407. The van der Waals surface area contributed by atoms with Crippen molar-refractivity contribution in [3.05, 3.63) is 90.6 Å². The number of hydrogen-bond donors (Lipinski definition) is 2. The molecule has 0 bridgehead atoms. The Morgan fingerprint density at radius 2 is 1.59 bits per heavy atom. The Morgan fingerprint density at radius 3 is 2.52 bits per heavy atom. The number of rotatable bonds is 9. The number of hydrogen-bond acceptors (Lipinski definition) is 5. The summed E-state index contributed by atoms with van der Waals surface area (Å²) in [5.41, 5.74) is 1.33. The van der Waals surface area contributed by atoms with Gasteiger partial charge < -0.3 is 15.4 Å². The van der Waals surface area contributed by atoms with E-state index >= 15 is 0 Å². The van der Waals surface area contributed by atoms with Crippen LogP contribution in [0.5, 0.6) is 5.75 Å². The molecule has 0 aliphatic heterocycles. The Hall–Kier alpha value is -3.60. The largest absolute Gasteiger partial charge is 0.492 e. The van der Waals surface area contributed by atoms with Gasteiger partial charge in [-0.25, -0.2) is 4.98 Å². The summed E-state index contributed by atoms with van der Waals surface area (Å²) in [5.74, 6) is 2.27. The third-order valence-electron chi connectivity index (χ3n) is 4.63. The minimum absolute atomic E-state index is 0.548. The third kappa shape index (κ3) is 5.23. The number of aromatic nitrogens is 2. The summed E-state index contributed by atoms with van der Waals surface area (Å²) in [5, 5.41) is 9.17. The van der Waals surface area contributed by atoms with Gasteiger partial charge in [-0.1, -0.05) is 60.7 Å². The number of para-hydroxylation sites is 1. The van der Waals surface area contributed by atoms with Crippen molar-refractivity contribution >= 4 is 22.5 Å². The number of ether oxygens (including phenoxy) is 1. The molecule has 0 saturated heterocycles. The Morgan fingerprint density at radius 1 is 0.759 bits per heavy atom. The van der Waals surface area contributed by atoms with E-state index in [1.54, 1.807) is 6.20 Å². The fourth-order valence-electron chi connectivity index (χ4n) is 3.23. The van der Waals surface area contributed by atoms with Crippen LogP contribution in [0.3, 0.4) is 0 Å². The molecule has 0 atom stereocenters. The number of nitrogens with one attached hydrogen (secondary N) is 2. The molecule has 5 nitrogen and oxygen atoms in total.